The van der Waals surface area contributed by atoms with E-state index < -0.39 is 33.9 Å². The molecule has 1 aliphatic rings. The number of ether oxygens (including phenoxy) is 2. The average molecular weight is 337 g/mol. The van der Waals surface area contributed by atoms with Gasteiger partial charge in [0, 0.05) is 18.9 Å². The lowest BCUT2D eigenvalue weighted by atomic mass is 9.88. The maximum absolute atomic E-state index is 11.8. The highest BCUT2D eigenvalue weighted by Crippen LogP contribution is 2.30. The minimum absolute atomic E-state index is 0.193. The molecule has 1 heterocycles. The first kappa shape index (κ1) is 18.9. The van der Waals surface area contributed by atoms with Crippen molar-refractivity contribution in [1.82, 2.24) is 5.32 Å². The summed E-state index contributed by atoms with van der Waals surface area (Å²) in [5, 5.41) is 2.51. The number of esters is 1. The number of hydrogen-bond acceptors (Lipinski definition) is 7. The van der Waals surface area contributed by atoms with Crippen LogP contribution >= 0.6 is 0 Å². The van der Waals surface area contributed by atoms with E-state index in [4.69, 9.17) is 13.7 Å². The molecule has 0 aromatic rings. The van der Waals surface area contributed by atoms with Crippen LogP contribution in [0.1, 0.15) is 34.1 Å². The largest absolute Gasteiger partial charge is 0.434 e. The van der Waals surface area contributed by atoms with E-state index >= 15 is 0 Å². The van der Waals surface area contributed by atoms with Crippen molar-refractivity contribution in [3.63, 3.8) is 0 Å². The summed E-state index contributed by atoms with van der Waals surface area (Å²) in [6, 6.07) is 0. The van der Waals surface area contributed by atoms with Gasteiger partial charge in [0.1, 0.15) is 0 Å². The van der Waals surface area contributed by atoms with Crippen molar-refractivity contribution in [1.29, 1.82) is 0 Å². The van der Waals surface area contributed by atoms with E-state index in [1.165, 1.54) is 6.92 Å². The maximum atomic E-state index is 11.8. The standard InChI is InChI=1S/C13H23NO7S/c1-9(15)14-6-5-7-22(17,18)19-8-13(3,4)11-12(16)21-10(2)20-11/h10-11H,5-8H2,1-4H3,(H,14,15)/t10?,11-/m0/s1. The summed E-state index contributed by atoms with van der Waals surface area (Å²) in [6.45, 7) is 6.36. The first-order valence-electron chi connectivity index (χ1n) is 7.01. The van der Waals surface area contributed by atoms with Gasteiger partial charge in [-0.05, 0) is 13.3 Å². The molecule has 128 valence electrons. The zero-order valence-electron chi connectivity index (χ0n) is 13.2. The molecule has 1 unspecified atom stereocenters. The van der Waals surface area contributed by atoms with Crippen LogP contribution in [0.3, 0.4) is 0 Å². The molecule has 1 fully saturated rings. The smallest absolute Gasteiger partial charge is 0.338 e. The lowest BCUT2D eigenvalue weighted by Gasteiger charge is -2.27. The van der Waals surface area contributed by atoms with Crippen molar-refractivity contribution in [2.45, 2.75) is 46.5 Å². The maximum Gasteiger partial charge on any atom is 0.338 e. The Bertz CT molecular complexity index is 514. The van der Waals surface area contributed by atoms with Crippen molar-refractivity contribution in [3.8, 4) is 0 Å². The van der Waals surface area contributed by atoms with Crippen LogP contribution in [0, 0.1) is 5.41 Å². The third kappa shape index (κ3) is 5.90. The molecule has 8 nitrogen and oxygen atoms in total. The van der Waals surface area contributed by atoms with E-state index in [2.05, 4.69) is 5.32 Å². The van der Waals surface area contributed by atoms with Gasteiger partial charge in [-0.1, -0.05) is 13.8 Å². The second kappa shape index (κ2) is 7.38. The Morgan fingerprint density at radius 1 is 1.41 bits per heavy atom. The highest BCUT2D eigenvalue weighted by atomic mass is 32.2. The van der Waals surface area contributed by atoms with Crippen LogP contribution in [0.5, 0.6) is 0 Å². The summed E-state index contributed by atoms with van der Waals surface area (Å²) in [5.41, 5.74) is -0.841. The SMILES string of the molecule is CC(=O)NCCCS(=O)(=O)OCC(C)(C)[C@H]1OC(C)OC1=O. The van der Waals surface area contributed by atoms with Crippen LogP contribution in [0.4, 0.5) is 0 Å². The molecule has 0 aliphatic carbocycles. The predicted molar refractivity (Wildman–Crippen MR) is 77.2 cm³/mol. The topological polar surface area (TPSA) is 108 Å². The fourth-order valence-electron chi connectivity index (χ4n) is 1.89. The van der Waals surface area contributed by atoms with Gasteiger partial charge in [-0.25, -0.2) is 4.79 Å². The third-order valence-electron chi connectivity index (χ3n) is 3.09. The molecule has 0 radical (unpaired) electrons. The average Bonchev–Trinajstić information content (AvgIpc) is 2.73. The van der Waals surface area contributed by atoms with Crippen molar-refractivity contribution >= 4 is 22.0 Å². The summed E-state index contributed by atoms with van der Waals surface area (Å²) in [4.78, 5) is 22.3. The number of amides is 1. The molecule has 1 saturated heterocycles. The minimum Gasteiger partial charge on any atom is -0.434 e. The molecular weight excluding hydrogens is 314 g/mol. The second-order valence-corrected chi connectivity index (χ2v) is 7.63. The quantitative estimate of drug-likeness (QED) is 0.382. The Labute approximate surface area is 130 Å². The van der Waals surface area contributed by atoms with Gasteiger partial charge in [-0.2, -0.15) is 8.42 Å². The van der Waals surface area contributed by atoms with Crippen LogP contribution in [0.2, 0.25) is 0 Å². The van der Waals surface area contributed by atoms with E-state index in [0.29, 0.717) is 0 Å². The van der Waals surface area contributed by atoms with Gasteiger partial charge < -0.3 is 14.8 Å². The molecular formula is C13H23NO7S. The molecule has 1 amide bonds. The van der Waals surface area contributed by atoms with Crippen molar-refractivity contribution < 1.29 is 31.7 Å². The van der Waals surface area contributed by atoms with Crippen LogP contribution in [-0.4, -0.2) is 51.6 Å². The summed E-state index contributed by atoms with van der Waals surface area (Å²) in [7, 11) is -3.73. The molecule has 0 bridgehead atoms. The number of hydrogen-bond donors (Lipinski definition) is 1. The van der Waals surface area contributed by atoms with E-state index in [0.717, 1.165) is 0 Å². The van der Waals surface area contributed by atoms with E-state index in [9.17, 15) is 18.0 Å². The van der Waals surface area contributed by atoms with Gasteiger partial charge in [0.2, 0.25) is 12.2 Å². The van der Waals surface area contributed by atoms with E-state index in [-0.39, 0.29) is 31.2 Å². The monoisotopic (exact) mass is 337 g/mol. The molecule has 22 heavy (non-hydrogen) atoms. The fourth-order valence-corrected chi connectivity index (χ4v) is 2.99. The van der Waals surface area contributed by atoms with Crippen molar-refractivity contribution in [3.05, 3.63) is 0 Å². The molecule has 9 heteroatoms. The molecule has 0 saturated carbocycles. The summed E-state index contributed by atoms with van der Waals surface area (Å²) in [6.07, 6.45) is -1.26. The van der Waals surface area contributed by atoms with Gasteiger partial charge in [0.15, 0.2) is 6.10 Å². The van der Waals surface area contributed by atoms with Crippen molar-refractivity contribution in [2.75, 3.05) is 18.9 Å². The highest BCUT2D eigenvalue weighted by Gasteiger charge is 2.44. The molecule has 2 atom stereocenters. The normalized spacial score (nSPS) is 22.5. The summed E-state index contributed by atoms with van der Waals surface area (Å²) < 4.78 is 38.8. The van der Waals surface area contributed by atoms with Crippen LogP contribution < -0.4 is 5.32 Å². The predicted octanol–water partition coefficient (Wildman–Crippen LogP) is 0.173. The number of nitrogens with one attached hydrogen (secondary N) is 1. The molecule has 1 aliphatic heterocycles. The minimum atomic E-state index is -3.73. The van der Waals surface area contributed by atoms with Crippen LogP contribution in [0.15, 0.2) is 0 Å². The molecule has 0 aromatic carbocycles. The lowest BCUT2D eigenvalue weighted by Crippen LogP contribution is -2.39. The van der Waals surface area contributed by atoms with Crippen molar-refractivity contribution in [2.24, 2.45) is 5.41 Å². The fraction of sp³-hybridized carbons (Fsp3) is 0.846. The Morgan fingerprint density at radius 3 is 2.55 bits per heavy atom. The Kier molecular flexibility index (Phi) is 6.33. The molecule has 1 rings (SSSR count). The molecule has 1 N–H and O–H groups in total. The van der Waals surface area contributed by atoms with Crippen LogP contribution in [-0.2, 0) is 33.4 Å². The number of carbonyl (C=O) groups is 2. The lowest BCUT2D eigenvalue weighted by molar-refractivity contribution is -0.144. The number of carbonyl (C=O) groups excluding carboxylic acids is 2. The van der Waals surface area contributed by atoms with Gasteiger partial charge in [0.25, 0.3) is 10.1 Å². The highest BCUT2D eigenvalue weighted by molar-refractivity contribution is 7.86. The third-order valence-corrected chi connectivity index (χ3v) is 4.35. The first-order valence-corrected chi connectivity index (χ1v) is 8.59. The zero-order chi connectivity index (χ0) is 17.0. The Morgan fingerprint density at radius 2 is 2.05 bits per heavy atom. The van der Waals surface area contributed by atoms with E-state index in [1.54, 1.807) is 20.8 Å². The molecule has 0 aromatic heterocycles. The second-order valence-electron chi connectivity index (χ2n) is 5.87. The Hall–Kier alpha value is -1.19. The van der Waals surface area contributed by atoms with Crippen LogP contribution in [0.25, 0.3) is 0 Å². The van der Waals surface area contributed by atoms with Gasteiger partial charge in [-0.3, -0.25) is 8.98 Å². The Balaban J connectivity index is 2.45. The molecule has 0 spiro atoms. The van der Waals surface area contributed by atoms with Gasteiger partial charge in [0.05, 0.1) is 12.4 Å². The summed E-state index contributed by atoms with van der Waals surface area (Å²) in [5.74, 6) is -0.954. The van der Waals surface area contributed by atoms with E-state index in [1.807, 2.05) is 0 Å². The number of rotatable bonds is 8. The van der Waals surface area contributed by atoms with Gasteiger partial charge in [-0.15, -0.1) is 0 Å². The summed E-state index contributed by atoms with van der Waals surface area (Å²) >= 11 is 0. The van der Waals surface area contributed by atoms with Gasteiger partial charge >= 0.3 is 5.97 Å². The number of cyclic esters (lactones) is 1. The first-order chi connectivity index (χ1) is 10.0. The zero-order valence-corrected chi connectivity index (χ0v) is 14.1.